The van der Waals surface area contributed by atoms with Crippen LogP contribution in [0.2, 0.25) is 5.02 Å². The highest BCUT2D eigenvalue weighted by molar-refractivity contribution is 7.90. The van der Waals surface area contributed by atoms with Crippen LogP contribution in [0.25, 0.3) is 0 Å². The zero-order chi connectivity index (χ0) is 33.3. The van der Waals surface area contributed by atoms with E-state index in [1.165, 1.54) is 6.07 Å². The summed E-state index contributed by atoms with van der Waals surface area (Å²) in [5, 5.41) is 0.604. The van der Waals surface area contributed by atoms with Crippen LogP contribution >= 0.6 is 11.6 Å². The van der Waals surface area contributed by atoms with Crippen LogP contribution in [0.1, 0.15) is 78.5 Å². The largest absolute Gasteiger partial charge is 0.598 e. The van der Waals surface area contributed by atoms with Crippen LogP contribution in [0.5, 0.6) is 0 Å². The molecule has 2 saturated heterocycles. The molecule has 0 radical (unpaired) electrons. The number of para-hydroxylation sites is 1. The van der Waals surface area contributed by atoms with Crippen LogP contribution in [-0.4, -0.2) is 76.0 Å². The first-order valence-electron chi connectivity index (χ1n) is 15.7. The highest BCUT2D eigenvalue weighted by Crippen LogP contribution is 2.38. The number of anilines is 1. The SMILES string of the molecule is CC(C)[C@H](N[S@@+]([O-])C(C)(C)C)c1cccc(F)c1N1CCN(C(=O)C2CN(C(=O)OC(C)(C)C)CC2c2ccc(Cl)cc2)CC1. The quantitative estimate of drug-likeness (QED) is 0.340. The van der Waals surface area contributed by atoms with Gasteiger partial charge >= 0.3 is 6.09 Å². The molecule has 2 unspecified atom stereocenters. The molecule has 45 heavy (non-hydrogen) atoms. The Hall–Kier alpha value is -2.53. The number of likely N-dealkylation sites (tertiary alicyclic amines) is 1. The normalized spacial score (nSPS) is 20.8. The molecule has 0 aromatic heterocycles. The first-order valence-corrected chi connectivity index (χ1v) is 17.2. The summed E-state index contributed by atoms with van der Waals surface area (Å²) in [6.07, 6.45) is -0.436. The Morgan fingerprint density at radius 3 is 2.16 bits per heavy atom. The summed E-state index contributed by atoms with van der Waals surface area (Å²) >= 11 is 4.81. The fourth-order valence-corrected chi connectivity index (χ4v) is 7.04. The lowest BCUT2D eigenvalue weighted by molar-refractivity contribution is -0.135. The van der Waals surface area contributed by atoms with Gasteiger partial charge < -0.3 is 24.0 Å². The summed E-state index contributed by atoms with van der Waals surface area (Å²) in [6, 6.07) is 12.1. The van der Waals surface area contributed by atoms with E-state index >= 15 is 4.39 Å². The number of nitrogens with zero attached hydrogens (tertiary/aromatic N) is 3. The Balaban J connectivity index is 1.53. The van der Waals surface area contributed by atoms with Crippen LogP contribution in [0, 0.1) is 17.7 Å². The third kappa shape index (κ3) is 8.64. The minimum absolute atomic E-state index is 0.0308. The van der Waals surface area contributed by atoms with E-state index in [4.69, 9.17) is 16.3 Å². The summed E-state index contributed by atoms with van der Waals surface area (Å²) in [4.78, 5) is 32.5. The number of carbonyl (C=O) groups is 2. The second-order valence-electron chi connectivity index (χ2n) is 14.4. The number of amides is 2. The van der Waals surface area contributed by atoms with Gasteiger partial charge in [-0.1, -0.05) is 49.7 Å². The molecule has 2 amide bonds. The summed E-state index contributed by atoms with van der Waals surface area (Å²) in [7, 11) is 0. The van der Waals surface area contributed by atoms with Crippen LogP contribution < -0.4 is 9.62 Å². The Morgan fingerprint density at radius 2 is 1.60 bits per heavy atom. The van der Waals surface area contributed by atoms with Crippen molar-refractivity contribution in [2.75, 3.05) is 44.2 Å². The number of piperazine rings is 1. The zero-order valence-electron chi connectivity index (χ0n) is 27.7. The van der Waals surface area contributed by atoms with Gasteiger partial charge in [0.1, 0.15) is 16.2 Å². The molecule has 11 heteroatoms. The second kappa shape index (κ2) is 14.1. The average molecular weight is 663 g/mol. The van der Waals surface area contributed by atoms with Gasteiger partial charge in [-0.15, -0.1) is 4.72 Å². The van der Waals surface area contributed by atoms with Gasteiger partial charge in [-0.2, -0.15) is 0 Å². The van der Waals surface area contributed by atoms with Gasteiger partial charge in [0.05, 0.1) is 17.6 Å². The maximum atomic E-state index is 15.6. The molecule has 0 spiro atoms. The fraction of sp³-hybridized carbons (Fsp3) is 0.588. The van der Waals surface area contributed by atoms with Crippen LogP contribution in [0.3, 0.4) is 0 Å². The molecule has 4 rings (SSSR count). The number of halogens is 2. The van der Waals surface area contributed by atoms with E-state index in [0.717, 1.165) is 11.1 Å². The lowest BCUT2D eigenvalue weighted by atomic mass is 9.88. The molecule has 2 aliphatic rings. The average Bonchev–Trinajstić information content (AvgIpc) is 3.40. The van der Waals surface area contributed by atoms with E-state index in [1.807, 2.05) is 83.4 Å². The third-order valence-corrected chi connectivity index (χ3v) is 10.1. The predicted molar refractivity (Wildman–Crippen MR) is 179 cm³/mol. The highest BCUT2D eigenvalue weighted by Gasteiger charge is 2.44. The van der Waals surface area contributed by atoms with Crippen molar-refractivity contribution in [3.63, 3.8) is 0 Å². The molecule has 2 aromatic rings. The monoisotopic (exact) mass is 662 g/mol. The molecule has 0 saturated carbocycles. The second-order valence-corrected chi connectivity index (χ2v) is 16.8. The molecule has 0 bridgehead atoms. The standard InChI is InChI=1S/C34H48ClFN4O4S/c1-22(2)29(37-45(43)34(6,7)8)25-10-9-11-28(36)30(25)38-16-18-39(19-17-38)31(41)27-21-40(32(42)44-33(3,4)5)20-26(27)23-12-14-24(35)15-13-23/h9-15,22,26-27,29,37H,16-21H2,1-8H3/t26?,27?,29-,45-/m0/s1. The van der Waals surface area contributed by atoms with Crippen LogP contribution in [0.15, 0.2) is 42.5 Å². The number of carbonyl (C=O) groups excluding carboxylic acids is 2. The maximum Gasteiger partial charge on any atom is 0.410 e. The van der Waals surface area contributed by atoms with Crippen LogP contribution in [0.4, 0.5) is 14.9 Å². The minimum atomic E-state index is -1.34. The summed E-state index contributed by atoms with van der Waals surface area (Å²) in [5.74, 6) is -0.972. The van der Waals surface area contributed by atoms with E-state index in [2.05, 4.69) is 4.72 Å². The Morgan fingerprint density at radius 1 is 0.978 bits per heavy atom. The van der Waals surface area contributed by atoms with Gasteiger partial charge in [0.2, 0.25) is 5.91 Å². The number of nitrogens with one attached hydrogen (secondary N) is 1. The topological polar surface area (TPSA) is 88.2 Å². The number of benzene rings is 2. The van der Waals surface area contributed by atoms with Crippen molar-refractivity contribution in [2.24, 2.45) is 11.8 Å². The van der Waals surface area contributed by atoms with Crippen molar-refractivity contribution in [1.29, 1.82) is 0 Å². The van der Waals surface area contributed by atoms with Crippen LogP contribution in [-0.2, 0) is 20.9 Å². The van der Waals surface area contributed by atoms with Gasteiger partial charge in [-0.05, 0) is 71.2 Å². The summed E-state index contributed by atoms with van der Waals surface area (Å²) in [5.41, 5.74) is 1.54. The van der Waals surface area contributed by atoms with Crippen molar-refractivity contribution < 1.29 is 23.3 Å². The van der Waals surface area contributed by atoms with Gasteiger partial charge in [-0.3, -0.25) is 4.79 Å². The lowest BCUT2D eigenvalue weighted by Crippen LogP contribution is -2.52. The Kier molecular flexibility index (Phi) is 11.0. The molecule has 0 aliphatic carbocycles. The Bertz CT molecular complexity index is 1340. The molecule has 2 heterocycles. The summed E-state index contributed by atoms with van der Waals surface area (Å²) < 4.78 is 37.0. The van der Waals surface area contributed by atoms with Crippen molar-refractivity contribution in [3.05, 3.63) is 64.4 Å². The van der Waals surface area contributed by atoms with Crippen molar-refractivity contribution in [2.45, 2.75) is 77.7 Å². The molecule has 4 atom stereocenters. The number of ether oxygens (including phenoxy) is 1. The third-order valence-electron chi connectivity index (χ3n) is 8.30. The first-order chi connectivity index (χ1) is 21.0. The maximum absolute atomic E-state index is 15.6. The van der Waals surface area contributed by atoms with Crippen molar-refractivity contribution in [1.82, 2.24) is 14.5 Å². The van der Waals surface area contributed by atoms with Gasteiger partial charge in [0.25, 0.3) is 0 Å². The number of hydrogen-bond donors (Lipinski definition) is 1. The molecule has 248 valence electrons. The van der Waals surface area contributed by atoms with E-state index < -0.39 is 33.7 Å². The molecular formula is C34H48ClFN4O4S. The van der Waals surface area contributed by atoms with Crippen molar-refractivity contribution >= 4 is 40.7 Å². The van der Waals surface area contributed by atoms with E-state index in [1.54, 1.807) is 23.1 Å². The number of rotatable bonds is 7. The smallest absolute Gasteiger partial charge is 0.410 e. The van der Waals surface area contributed by atoms with Gasteiger partial charge in [0, 0.05) is 67.1 Å². The van der Waals surface area contributed by atoms with Crippen molar-refractivity contribution in [3.8, 4) is 0 Å². The predicted octanol–water partition coefficient (Wildman–Crippen LogP) is 6.53. The molecule has 2 aliphatic heterocycles. The zero-order valence-corrected chi connectivity index (χ0v) is 29.3. The Labute approximate surface area is 275 Å². The summed E-state index contributed by atoms with van der Waals surface area (Å²) in [6.45, 7) is 17.6. The van der Waals surface area contributed by atoms with E-state index in [9.17, 15) is 14.1 Å². The van der Waals surface area contributed by atoms with E-state index in [0.29, 0.717) is 43.4 Å². The fourth-order valence-electron chi connectivity index (χ4n) is 5.93. The molecule has 2 fully saturated rings. The molecular weight excluding hydrogens is 615 g/mol. The molecule has 2 aromatic carbocycles. The number of hydrogen-bond acceptors (Lipinski definition) is 6. The minimum Gasteiger partial charge on any atom is -0.598 e. The molecule has 1 N–H and O–H groups in total. The van der Waals surface area contributed by atoms with Gasteiger partial charge in [-0.25, -0.2) is 9.18 Å². The van der Waals surface area contributed by atoms with E-state index in [-0.39, 0.29) is 36.1 Å². The van der Waals surface area contributed by atoms with Gasteiger partial charge in [0.15, 0.2) is 0 Å². The molecule has 8 nitrogen and oxygen atoms in total. The first kappa shape index (κ1) is 35.3. The lowest BCUT2D eigenvalue weighted by Gasteiger charge is -2.39. The highest BCUT2D eigenvalue weighted by atomic mass is 35.5.